The quantitative estimate of drug-likeness (QED) is 0.830. The van der Waals surface area contributed by atoms with E-state index in [0.717, 1.165) is 50.6 Å². The van der Waals surface area contributed by atoms with Gasteiger partial charge >= 0.3 is 0 Å². The van der Waals surface area contributed by atoms with Crippen LogP contribution >= 0.6 is 0 Å². The van der Waals surface area contributed by atoms with Crippen LogP contribution in [0.25, 0.3) is 0 Å². The smallest absolute Gasteiger partial charge is 0.225 e. The second-order valence-corrected chi connectivity index (χ2v) is 8.09. The fourth-order valence-corrected chi connectivity index (χ4v) is 4.10. The molecular formula is C20H31N3O. The summed E-state index contributed by atoms with van der Waals surface area (Å²) in [6, 6.07) is 0. The molecule has 1 saturated heterocycles. The lowest BCUT2D eigenvalue weighted by molar-refractivity contribution is -0.126. The van der Waals surface area contributed by atoms with Gasteiger partial charge in [0, 0.05) is 37.3 Å². The molecule has 3 rings (SSSR count). The average Bonchev–Trinajstić information content (AvgIpc) is 2.62. The molecule has 24 heavy (non-hydrogen) atoms. The normalized spacial score (nSPS) is 25.9. The van der Waals surface area contributed by atoms with Crippen molar-refractivity contribution >= 4 is 11.7 Å². The number of carbonyl (C=O) groups excluding carboxylic acids is 1. The molecule has 1 aromatic heterocycles. The van der Waals surface area contributed by atoms with Gasteiger partial charge in [-0.15, -0.1) is 0 Å². The molecule has 1 aromatic rings. The number of nitrogens with zero attached hydrogens (tertiary/aromatic N) is 3. The summed E-state index contributed by atoms with van der Waals surface area (Å²) >= 11 is 0. The highest BCUT2D eigenvalue weighted by Crippen LogP contribution is 2.36. The Morgan fingerprint density at radius 2 is 1.62 bits per heavy atom. The Morgan fingerprint density at radius 3 is 2.17 bits per heavy atom. The number of piperidine rings is 1. The van der Waals surface area contributed by atoms with Crippen molar-refractivity contribution in [1.82, 2.24) is 9.97 Å². The van der Waals surface area contributed by atoms with Crippen LogP contribution in [0.5, 0.6) is 0 Å². The molecule has 0 amide bonds. The molecule has 1 saturated carbocycles. The Balaban J connectivity index is 1.56. The second-order valence-electron chi connectivity index (χ2n) is 8.09. The number of anilines is 1. The van der Waals surface area contributed by atoms with Gasteiger partial charge < -0.3 is 4.90 Å². The molecule has 1 aliphatic heterocycles. The van der Waals surface area contributed by atoms with E-state index in [0.29, 0.717) is 11.7 Å². The Labute approximate surface area is 146 Å². The van der Waals surface area contributed by atoms with Gasteiger partial charge in [0.25, 0.3) is 0 Å². The van der Waals surface area contributed by atoms with Crippen molar-refractivity contribution in [2.75, 3.05) is 18.0 Å². The molecule has 0 radical (unpaired) electrons. The van der Waals surface area contributed by atoms with E-state index in [1.165, 1.54) is 18.4 Å². The van der Waals surface area contributed by atoms with Crippen LogP contribution in [0.1, 0.15) is 70.8 Å². The first-order valence-electron chi connectivity index (χ1n) is 9.65. The molecule has 2 heterocycles. The fourth-order valence-electron chi connectivity index (χ4n) is 4.10. The molecule has 2 fully saturated rings. The van der Waals surface area contributed by atoms with Crippen LogP contribution in [-0.2, 0) is 4.79 Å². The van der Waals surface area contributed by atoms with E-state index in [1.807, 2.05) is 26.2 Å². The first-order valence-corrected chi connectivity index (χ1v) is 9.65. The Kier molecular flexibility index (Phi) is 5.52. The van der Waals surface area contributed by atoms with E-state index in [9.17, 15) is 4.79 Å². The van der Waals surface area contributed by atoms with Crippen LogP contribution < -0.4 is 4.90 Å². The summed E-state index contributed by atoms with van der Waals surface area (Å²) in [6.07, 6.45) is 10.7. The Hall–Kier alpha value is -1.45. The van der Waals surface area contributed by atoms with E-state index >= 15 is 0 Å². The molecule has 0 unspecified atom stereocenters. The molecule has 4 nitrogen and oxygen atoms in total. The third kappa shape index (κ3) is 3.96. The van der Waals surface area contributed by atoms with Crippen LogP contribution in [0, 0.1) is 17.8 Å². The zero-order valence-electron chi connectivity index (χ0n) is 15.4. The molecule has 2 aliphatic rings. The molecule has 132 valence electrons. The van der Waals surface area contributed by atoms with Crippen LogP contribution in [-0.4, -0.2) is 28.8 Å². The lowest BCUT2D eigenvalue weighted by atomic mass is 9.76. The minimum absolute atomic E-state index is 0.168. The zero-order valence-corrected chi connectivity index (χ0v) is 15.4. The predicted octanol–water partition coefficient (Wildman–Crippen LogP) is 4.21. The highest BCUT2D eigenvalue weighted by atomic mass is 16.1. The number of hydrogen-bond donors (Lipinski definition) is 0. The minimum atomic E-state index is 0.168. The monoisotopic (exact) mass is 329 g/mol. The maximum Gasteiger partial charge on any atom is 0.225 e. The summed E-state index contributed by atoms with van der Waals surface area (Å²) in [4.78, 5) is 23.7. The summed E-state index contributed by atoms with van der Waals surface area (Å²) in [6.45, 7) is 8.50. The third-order valence-electron chi connectivity index (χ3n) is 5.89. The number of aromatic nitrogens is 2. The third-order valence-corrected chi connectivity index (χ3v) is 5.89. The molecule has 0 atom stereocenters. The van der Waals surface area contributed by atoms with Gasteiger partial charge in [-0.2, -0.15) is 0 Å². The van der Waals surface area contributed by atoms with Gasteiger partial charge in [-0.05, 0) is 55.9 Å². The largest absolute Gasteiger partial charge is 0.341 e. The summed E-state index contributed by atoms with van der Waals surface area (Å²) in [7, 11) is 0. The van der Waals surface area contributed by atoms with E-state index in [-0.39, 0.29) is 11.8 Å². The van der Waals surface area contributed by atoms with Crippen molar-refractivity contribution in [3.63, 3.8) is 0 Å². The first-order chi connectivity index (χ1) is 11.5. The maximum absolute atomic E-state index is 12.2. The highest BCUT2D eigenvalue weighted by Gasteiger charge is 2.28. The summed E-state index contributed by atoms with van der Waals surface area (Å²) in [5.41, 5.74) is 1.25. The molecule has 0 aromatic carbocycles. The topological polar surface area (TPSA) is 46.1 Å². The van der Waals surface area contributed by atoms with Crippen molar-refractivity contribution in [1.29, 1.82) is 0 Å². The SMILES string of the molecule is CC1CCN(c2ncc([C@H]3CC[C@@H](C(=O)C(C)C)CC3)cn2)CC1. The second kappa shape index (κ2) is 7.62. The van der Waals surface area contributed by atoms with E-state index in [1.54, 1.807) is 0 Å². The summed E-state index contributed by atoms with van der Waals surface area (Å²) in [5.74, 6) is 3.12. The van der Waals surface area contributed by atoms with Crippen molar-refractivity contribution in [2.24, 2.45) is 17.8 Å². The van der Waals surface area contributed by atoms with E-state index < -0.39 is 0 Å². The predicted molar refractivity (Wildman–Crippen MR) is 97.2 cm³/mol. The van der Waals surface area contributed by atoms with Gasteiger partial charge in [-0.3, -0.25) is 4.79 Å². The average molecular weight is 329 g/mol. The van der Waals surface area contributed by atoms with Gasteiger partial charge in [0.2, 0.25) is 5.95 Å². The Morgan fingerprint density at radius 1 is 1.04 bits per heavy atom. The lowest BCUT2D eigenvalue weighted by Crippen LogP contribution is -2.34. The van der Waals surface area contributed by atoms with Crippen LogP contribution in [0.2, 0.25) is 0 Å². The first kappa shape index (κ1) is 17.4. The van der Waals surface area contributed by atoms with Crippen molar-refractivity contribution < 1.29 is 4.79 Å². The maximum atomic E-state index is 12.2. The van der Waals surface area contributed by atoms with Gasteiger partial charge in [0.15, 0.2) is 0 Å². The highest BCUT2D eigenvalue weighted by molar-refractivity contribution is 5.82. The summed E-state index contributed by atoms with van der Waals surface area (Å²) in [5, 5.41) is 0. The molecular weight excluding hydrogens is 298 g/mol. The standard InChI is InChI=1S/C20H31N3O/c1-14(2)19(24)17-6-4-16(5-7-17)18-12-21-20(22-13-18)23-10-8-15(3)9-11-23/h12-17H,4-11H2,1-3H3/t16-,17+. The Bertz CT molecular complexity index is 539. The minimum Gasteiger partial charge on any atom is -0.341 e. The van der Waals surface area contributed by atoms with Crippen LogP contribution in [0.4, 0.5) is 5.95 Å². The van der Waals surface area contributed by atoms with Crippen LogP contribution in [0.3, 0.4) is 0 Å². The van der Waals surface area contributed by atoms with Gasteiger partial charge in [-0.1, -0.05) is 20.8 Å². The van der Waals surface area contributed by atoms with Crippen LogP contribution in [0.15, 0.2) is 12.4 Å². The molecule has 1 aliphatic carbocycles. The van der Waals surface area contributed by atoms with Crippen molar-refractivity contribution in [3.8, 4) is 0 Å². The number of carbonyl (C=O) groups is 1. The van der Waals surface area contributed by atoms with E-state index in [4.69, 9.17) is 0 Å². The zero-order chi connectivity index (χ0) is 17.1. The van der Waals surface area contributed by atoms with Gasteiger partial charge in [-0.25, -0.2) is 9.97 Å². The van der Waals surface area contributed by atoms with Crippen molar-refractivity contribution in [2.45, 2.75) is 65.2 Å². The summed E-state index contributed by atoms with van der Waals surface area (Å²) < 4.78 is 0. The molecule has 0 N–H and O–H groups in total. The van der Waals surface area contributed by atoms with E-state index in [2.05, 4.69) is 21.8 Å². The molecule has 4 heteroatoms. The number of rotatable bonds is 4. The molecule has 0 bridgehead atoms. The van der Waals surface area contributed by atoms with Gasteiger partial charge in [0.1, 0.15) is 5.78 Å². The molecule has 0 spiro atoms. The number of Topliss-reactive ketones (excluding diaryl/α,β-unsaturated/α-hetero) is 1. The van der Waals surface area contributed by atoms with Crippen molar-refractivity contribution in [3.05, 3.63) is 18.0 Å². The fraction of sp³-hybridized carbons (Fsp3) is 0.750. The van der Waals surface area contributed by atoms with Gasteiger partial charge in [0.05, 0.1) is 0 Å². The lowest BCUT2D eigenvalue weighted by Gasteiger charge is -2.31. The number of ketones is 1. The number of hydrogen-bond acceptors (Lipinski definition) is 4.